The molecule has 1 nitrogen and oxygen atoms in total. The SMILES string of the molecule is CC[O][Sb][CH3]. The second-order valence-corrected chi connectivity index (χ2v) is 2.38. The predicted octanol–water partition coefficient (Wildman–Crippen LogP) is 0.690. The topological polar surface area (TPSA) is 9.23 Å². The van der Waals surface area contributed by atoms with Gasteiger partial charge >= 0.3 is 43.5 Å². The molecule has 2 heteroatoms. The summed E-state index contributed by atoms with van der Waals surface area (Å²) < 4.78 is 4.98. The third-order valence-electron chi connectivity index (χ3n) is 0.258. The molecule has 0 aromatic rings. The van der Waals surface area contributed by atoms with Crippen LogP contribution in [0.4, 0.5) is 0 Å². The van der Waals surface area contributed by atoms with E-state index in [0.717, 1.165) is 6.61 Å². The number of hydrogen-bond acceptors (Lipinski definition) is 1. The Hall–Kier alpha value is 0.778. The molecule has 0 saturated carbocycles. The minimum absolute atomic E-state index is 0.160. The molecular weight excluding hydrogens is 174 g/mol. The summed E-state index contributed by atoms with van der Waals surface area (Å²) in [6, 6.07) is 0. The molecule has 1 radical (unpaired) electrons. The minimum atomic E-state index is -0.160. The zero-order valence-corrected chi connectivity index (χ0v) is 6.12. The van der Waals surface area contributed by atoms with E-state index >= 15 is 0 Å². The van der Waals surface area contributed by atoms with E-state index in [1.165, 1.54) is 0 Å². The maximum atomic E-state index is 4.98. The Morgan fingerprint density at radius 2 is 2.40 bits per heavy atom. The van der Waals surface area contributed by atoms with Crippen LogP contribution in [0.1, 0.15) is 6.92 Å². The van der Waals surface area contributed by atoms with Crippen LogP contribution in [0, 0.1) is 0 Å². The van der Waals surface area contributed by atoms with Crippen molar-refractivity contribution in [3.8, 4) is 0 Å². The Labute approximate surface area is 43.8 Å². The van der Waals surface area contributed by atoms with E-state index in [1.807, 2.05) is 6.92 Å². The van der Waals surface area contributed by atoms with E-state index in [0.29, 0.717) is 0 Å². The number of hydrogen-bond donors (Lipinski definition) is 0. The van der Waals surface area contributed by atoms with E-state index in [9.17, 15) is 0 Å². The summed E-state index contributed by atoms with van der Waals surface area (Å²) in [6.45, 7) is 2.94. The van der Waals surface area contributed by atoms with Crippen LogP contribution >= 0.6 is 0 Å². The molecule has 0 aliphatic heterocycles. The third kappa shape index (κ3) is 4.78. The van der Waals surface area contributed by atoms with Crippen LogP contribution < -0.4 is 0 Å². The van der Waals surface area contributed by atoms with Crippen molar-refractivity contribution in [3.63, 3.8) is 0 Å². The van der Waals surface area contributed by atoms with Crippen LogP contribution in [-0.2, 0) is 3.02 Å². The van der Waals surface area contributed by atoms with E-state index in [4.69, 9.17) is 3.02 Å². The monoisotopic (exact) mass is 181 g/mol. The third-order valence-corrected chi connectivity index (χ3v) is 1.73. The molecule has 0 aliphatic carbocycles. The van der Waals surface area contributed by atoms with Gasteiger partial charge in [0.15, 0.2) is 0 Å². The fourth-order valence-electron chi connectivity index (χ4n) is 0.129. The van der Waals surface area contributed by atoms with Crippen molar-refractivity contribution in [1.29, 1.82) is 0 Å². The van der Waals surface area contributed by atoms with Crippen LogP contribution in [0.25, 0.3) is 0 Å². The Balaban J connectivity index is 2.19. The van der Waals surface area contributed by atoms with Gasteiger partial charge in [0, 0.05) is 0 Å². The summed E-state index contributed by atoms with van der Waals surface area (Å²) in [6.07, 6.45) is 0. The Kier molecular flexibility index (Phi) is 5.52. The molecular formula is C3H8OSb. The van der Waals surface area contributed by atoms with Crippen LogP contribution in [-0.4, -0.2) is 28.6 Å². The molecule has 5 heavy (non-hydrogen) atoms. The summed E-state index contributed by atoms with van der Waals surface area (Å²) in [5, 5.41) is 0. The van der Waals surface area contributed by atoms with Gasteiger partial charge in [-0.2, -0.15) is 0 Å². The quantitative estimate of drug-likeness (QED) is 0.570. The van der Waals surface area contributed by atoms with Crippen LogP contribution in [0.2, 0.25) is 4.87 Å². The van der Waals surface area contributed by atoms with Gasteiger partial charge in [-0.15, -0.1) is 0 Å². The molecule has 0 fully saturated rings. The average molecular weight is 182 g/mol. The first-order chi connectivity index (χ1) is 2.41. The molecule has 0 saturated heterocycles. The molecule has 0 aromatic heterocycles. The maximum absolute atomic E-state index is 4.98. The second-order valence-electron chi connectivity index (χ2n) is 0.600. The first kappa shape index (κ1) is 5.78. The molecule has 0 N–H and O–H groups in total. The standard InChI is InChI=1S/C2H5O.CH3.Sb/c1-2-3;;/h2H2,1H3;1H3;/q-1;;+1. The molecule has 0 aliphatic rings. The molecule has 0 rings (SSSR count). The van der Waals surface area contributed by atoms with Gasteiger partial charge in [0.05, 0.1) is 0 Å². The molecule has 0 unspecified atom stereocenters. The molecule has 0 bridgehead atoms. The van der Waals surface area contributed by atoms with E-state index in [2.05, 4.69) is 4.87 Å². The predicted molar refractivity (Wildman–Crippen MR) is 23.2 cm³/mol. The van der Waals surface area contributed by atoms with Crippen molar-refractivity contribution in [3.05, 3.63) is 0 Å². The summed E-state index contributed by atoms with van der Waals surface area (Å²) in [7, 11) is 0. The zero-order chi connectivity index (χ0) is 4.12. The van der Waals surface area contributed by atoms with Crippen molar-refractivity contribution in [2.24, 2.45) is 0 Å². The van der Waals surface area contributed by atoms with Crippen LogP contribution in [0.15, 0.2) is 0 Å². The van der Waals surface area contributed by atoms with E-state index in [1.54, 1.807) is 0 Å². The van der Waals surface area contributed by atoms with Crippen LogP contribution in [0.3, 0.4) is 0 Å². The number of rotatable bonds is 2. The van der Waals surface area contributed by atoms with Gasteiger partial charge in [0.1, 0.15) is 0 Å². The van der Waals surface area contributed by atoms with Crippen molar-refractivity contribution in [1.82, 2.24) is 0 Å². The van der Waals surface area contributed by atoms with Gasteiger partial charge in [-0.25, -0.2) is 0 Å². The van der Waals surface area contributed by atoms with Gasteiger partial charge in [0.2, 0.25) is 0 Å². The first-order valence-corrected chi connectivity index (χ1v) is 5.22. The molecule has 0 heterocycles. The van der Waals surface area contributed by atoms with E-state index in [-0.39, 0.29) is 22.0 Å². The molecule has 31 valence electrons. The van der Waals surface area contributed by atoms with Gasteiger partial charge in [-0.05, 0) is 0 Å². The second kappa shape index (κ2) is 4.78. The van der Waals surface area contributed by atoms with Crippen LogP contribution in [0.5, 0.6) is 0 Å². The van der Waals surface area contributed by atoms with Crippen molar-refractivity contribution in [2.75, 3.05) is 6.61 Å². The van der Waals surface area contributed by atoms with Crippen molar-refractivity contribution >= 4 is 22.0 Å². The summed E-state index contributed by atoms with van der Waals surface area (Å²) in [4.78, 5) is 2.14. The van der Waals surface area contributed by atoms with Crippen molar-refractivity contribution < 1.29 is 3.02 Å². The summed E-state index contributed by atoms with van der Waals surface area (Å²) in [5.74, 6) is 0. The zero-order valence-electron chi connectivity index (χ0n) is 3.56. The Bertz CT molecular complexity index is 14.4. The van der Waals surface area contributed by atoms with Gasteiger partial charge in [0.25, 0.3) is 0 Å². The Morgan fingerprint density at radius 3 is 2.40 bits per heavy atom. The molecule has 0 aromatic carbocycles. The van der Waals surface area contributed by atoms with Gasteiger partial charge in [-0.1, -0.05) is 0 Å². The fourth-order valence-corrected chi connectivity index (χ4v) is 0.866. The molecule has 0 spiro atoms. The molecule has 0 atom stereocenters. The normalized spacial score (nSPS) is 8.40. The van der Waals surface area contributed by atoms with Gasteiger partial charge < -0.3 is 0 Å². The van der Waals surface area contributed by atoms with Crippen molar-refractivity contribution in [2.45, 2.75) is 11.8 Å². The Morgan fingerprint density at radius 1 is 1.80 bits per heavy atom. The summed E-state index contributed by atoms with van der Waals surface area (Å²) >= 11 is -0.160. The van der Waals surface area contributed by atoms with E-state index < -0.39 is 0 Å². The first-order valence-electron chi connectivity index (χ1n) is 1.63. The fraction of sp³-hybridized carbons (Fsp3) is 1.00. The van der Waals surface area contributed by atoms with Gasteiger partial charge in [-0.3, -0.25) is 0 Å². The summed E-state index contributed by atoms with van der Waals surface area (Å²) in [5.41, 5.74) is 0. The molecule has 0 amide bonds. The average Bonchev–Trinajstić information content (AvgIpc) is 1.41.